The van der Waals surface area contributed by atoms with Crippen LogP contribution >= 0.6 is 12.4 Å². The van der Waals surface area contributed by atoms with Crippen molar-refractivity contribution in [1.29, 1.82) is 0 Å². The number of nitrogens with zero attached hydrogens (tertiary/aromatic N) is 1. The predicted molar refractivity (Wildman–Crippen MR) is 72.6 cm³/mol. The second-order valence-corrected chi connectivity index (χ2v) is 5.10. The fraction of sp³-hybridized carbons (Fsp3) is 0.923. The van der Waals surface area contributed by atoms with Gasteiger partial charge in [-0.15, -0.1) is 12.4 Å². The third kappa shape index (κ3) is 4.47. The molecule has 2 aliphatic heterocycles. The minimum atomic E-state index is 0. The van der Waals surface area contributed by atoms with Crippen LogP contribution in [0, 0.1) is 0 Å². The Morgan fingerprint density at radius 3 is 2.18 bits per heavy atom. The van der Waals surface area contributed by atoms with Crippen LogP contribution in [0.2, 0.25) is 0 Å². The topological polar surface area (TPSA) is 32.3 Å². The van der Waals surface area contributed by atoms with Crippen LogP contribution in [0.3, 0.4) is 0 Å². The van der Waals surface area contributed by atoms with Gasteiger partial charge in [-0.3, -0.25) is 4.79 Å². The number of nitrogens with one attached hydrogen (secondary N) is 1. The summed E-state index contributed by atoms with van der Waals surface area (Å²) in [4.78, 5) is 14.4. The second kappa shape index (κ2) is 7.93. The van der Waals surface area contributed by atoms with Gasteiger partial charge in [-0.05, 0) is 32.2 Å². The zero-order valence-electron chi connectivity index (χ0n) is 10.6. The van der Waals surface area contributed by atoms with Crippen molar-refractivity contribution >= 4 is 18.3 Å². The Hall–Kier alpha value is -0.280. The van der Waals surface area contributed by atoms with Crippen molar-refractivity contribution in [2.75, 3.05) is 19.6 Å². The largest absolute Gasteiger partial charge is 0.341 e. The van der Waals surface area contributed by atoms with Crippen LogP contribution in [0.25, 0.3) is 0 Å². The van der Waals surface area contributed by atoms with Crippen molar-refractivity contribution in [3.63, 3.8) is 0 Å². The number of hydrogen-bond donors (Lipinski definition) is 1. The maximum atomic E-state index is 12.3. The summed E-state index contributed by atoms with van der Waals surface area (Å²) in [5.74, 6) is 0.363. The van der Waals surface area contributed by atoms with Gasteiger partial charge in [0.15, 0.2) is 0 Å². The Morgan fingerprint density at radius 1 is 0.941 bits per heavy atom. The number of likely N-dealkylation sites (tertiary alicyclic amines) is 1. The smallest absolute Gasteiger partial charge is 0.239 e. The number of piperidine rings is 1. The molecular weight excluding hydrogens is 236 g/mol. The summed E-state index contributed by atoms with van der Waals surface area (Å²) in [6, 6.07) is 0.119. The first-order valence-electron chi connectivity index (χ1n) is 6.90. The van der Waals surface area contributed by atoms with Gasteiger partial charge in [0.05, 0.1) is 6.04 Å². The molecule has 3 nitrogen and oxygen atoms in total. The molecule has 0 aromatic heterocycles. The number of carbonyl (C=O) groups excluding carboxylic acids is 1. The van der Waals surface area contributed by atoms with Gasteiger partial charge in [-0.2, -0.15) is 0 Å². The van der Waals surface area contributed by atoms with E-state index in [2.05, 4.69) is 10.2 Å². The first kappa shape index (κ1) is 14.8. The summed E-state index contributed by atoms with van der Waals surface area (Å²) in [7, 11) is 0. The molecule has 2 saturated heterocycles. The minimum Gasteiger partial charge on any atom is -0.341 e. The summed E-state index contributed by atoms with van der Waals surface area (Å²) in [6.07, 6.45) is 9.79. The van der Waals surface area contributed by atoms with E-state index in [9.17, 15) is 4.79 Å². The highest BCUT2D eigenvalue weighted by atomic mass is 35.5. The standard InChI is InChI=1S/C13H24N2O.ClH/c16-13(12-8-4-5-9-14-12)15-10-6-2-1-3-7-11-15;/h12,14H,1-11H2;1H/t12-;/m1./s1. The summed E-state index contributed by atoms with van der Waals surface area (Å²) in [5, 5.41) is 3.36. The highest BCUT2D eigenvalue weighted by Gasteiger charge is 2.25. The average Bonchev–Trinajstić information content (AvgIpc) is 2.29. The first-order chi connectivity index (χ1) is 7.88. The number of halogens is 1. The Balaban J connectivity index is 0.00000144. The Bertz CT molecular complexity index is 221. The van der Waals surface area contributed by atoms with E-state index in [4.69, 9.17) is 0 Å². The Labute approximate surface area is 111 Å². The molecule has 2 rings (SSSR count). The van der Waals surface area contributed by atoms with Crippen molar-refractivity contribution < 1.29 is 4.79 Å². The molecule has 1 amide bonds. The summed E-state index contributed by atoms with van der Waals surface area (Å²) in [6.45, 7) is 2.98. The van der Waals surface area contributed by atoms with Crippen molar-refractivity contribution in [3.8, 4) is 0 Å². The molecule has 17 heavy (non-hydrogen) atoms. The third-order valence-corrected chi connectivity index (χ3v) is 3.78. The van der Waals surface area contributed by atoms with Gasteiger partial charge in [0.2, 0.25) is 5.91 Å². The zero-order chi connectivity index (χ0) is 11.2. The van der Waals surface area contributed by atoms with Gasteiger partial charge >= 0.3 is 0 Å². The molecule has 2 aliphatic rings. The predicted octanol–water partition coefficient (Wildman–Crippen LogP) is 2.34. The zero-order valence-corrected chi connectivity index (χ0v) is 11.4. The van der Waals surface area contributed by atoms with E-state index >= 15 is 0 Å². The van der Waals surface area contributed by atoms with Crippen LogP contribution in [0.1, 0.15) is 51.4 Å². The SMILES string of the molecule is Cl.O=C([C@H]1CCCCN1)N1CCCCCCC1. The fourth-order valence-corrected chi connectivity index (χ4v) is 2.75. The lowest BCUT2D eigenvalue weighted by molar-refractivity contribution is -0.134. The van der Waals surface area contributed by atoms with Gasteiger partial charge in [-0.25, -0.2) is 0 Å². The summed E-state index contributed by atoms with van der Waals surface area (Å²) in [5.41, 5.74) is 0. The van der Waals surface area contributed by atoms with Gasteiger partial charge < -0.3 is 10.2 Å². The maximum absolute atomic E-state index is 12.3. The van der Waals surface area contributed by atoms with Gasteiger partial charge in [0.25, 0.3) is 0 Å². The normalized spacial score (nSPS) is 26.6. The van der Waals surface area contributed by atoms with E-state index in [0.29, 0.717) is 5.91 Å². The quantitative estimate of drug-likeness (QED) is 0.785. The maximum Gasteiger partial charge on any atom is 0.239 e. The van der Waals surface area contributed by atoms with Crippen LogP contribution < -0.4 is 5.32 Å². The summed E-state index contributed by atoms with van der Waals surface area (Å²) >= 11 is 0. The molecule has 2 fully saturated rings. The van der Waals surface area contributed by atoms with Crippen molar-refractivity contribution in [1.82, 2.24) is 10.2 Å². The minimum absolute atomic E-state index is 0. The van der Waals surface area contributed by atoms with Crippen molar-refractivity contribution in [3.05, 3.63) is 0 Å². The van der Waals surface area contributed by atoms with E-state index in [1.54, 1.807) is 0 Å². The molecule has 1 N–H and O–H groups in total. The molecule has 4 heteroatoms. The highest BCUT2D eigenvalue weighted by molar-refractivity contribution is 5.85. The molecule has 0 aliphatic carbocycles. The van der Waals surface area contributed by atoms with Crippen molar-refractivity contribution in [2.24, 2.45) is 0 Å². The summed E-state index contributed by atoms with van der Waals surface area (Å²) < 4.78 is 0. The lowest BCUT2D eigenvalue weighted by Gasteiger charge is -2.31. The molecule has 0 radical (unpaired) electrons. The van der Waals surface area contributed by atoms with E-state index in [0.717, 1.165) is 26.1 Å². The van der Waals surface area contributed by atoms with Crippen LogP contribution in [-0.4, -0.2) is 36.5 Å². The third-order valence-electron chi connectivity index (χ3n) is 3.78. The number of rotatable bonds is 1. The molecule has 0 unspecified atom stereocenters. The highest BCUT2D eigenvalue weighted by Crippen LogP contribution is 2.14. The molecule has 0 saturated carbocycles. The van der Waals surface area contributed by atoms with E-state index < -0.39 is 0 Å². The Kier molecular flexibility index (Phi) is 6.90. The molecular formula is C13H25ClN2O. The lowest BCUT2D eigenvalue weighted by atomic mass is 10.0. The second-order valence-electron chi connectivity index (χ2n) is 5.10. The van der Waals surface area contributed by atoms with Gasteiger partial charge in [0.1, 0.15) is 0 Å². The van der Waals surface area contributed by atoms with Crippen LogP contribution in [-0.2, 0) is 4.79 Å². The fourth-order valence-electron chi connectivity index (χ4n) is 2.75. The van der Waals surface area contributed by atoms with Gasteiger partial charge in [-0.1, -0.05) is 25.7 Å². The molecule has 0 spiro atoms. The van der Waals surface area contributed by atoms with Gasteiger partial charge in [0, 0.05) is 13.1 Å². The molecule has 2 heterocycles. The Morgan fingerprint density at radius 2 is 1.59 bits per heavy atom. The van der Waals surface area contributed by atoms with Crippen LogP contribution in [0.5, 0.6) is 0 Å². The number of amides is 1. The molecule has 0 bridgehead atoms. The number of carbonyl (C=O) groups is 1. The van der Waals surface area contributed by atoms with E-state index in [1.165, 1.54) is 44.9 Å². The average molecular weight is 261 g/mol. The first-order valence-corrected chi connectivity index (χ1v) is 6.90. The van der Waals surface area contributed by atoms with E-state index in [1.807, 2.05) is 0 Å². The van der Waals surface area contributed by atoms with E-state index in [-0.39, 0.29) is 18.4 Å². The molecule has 1 atom stereocenters. The molecule has 0 aromatic carbocycles. The lowest BCUT2D eigenvalue weighted by Crippen LogP contribution is -2.49. The number of hydrogen-bond acceptors (Lipinski definition) is 2. The monoisotopic (exact) mass is 260 g/mol. The van der Waals surface area contributed by atoms with Crippen LogP contribution in [0.4, 0.5) is 0 Å². The molecule has 100 valence electrons. The van der Waals surface area contributed by atoms with Crippen molar-refractivity contribution in [2.45, 2.75) is 57.4 Å². The van der Waals surface area contributed by atoms with Crippen LogP contribution in [0.15, 0.2) is 0 Å². The molecule has 0 aromatic rings.